The summed E-state index contributed by atoms with van der Waals surface area (Å²) >= 11 is 0. The van der Waals surface area contributed by atoms with E-state index in [-0.39, 0.29) is 12.5 Å². The minimum atomic E-state index is -0.394. The molecule has 6 heteroatoms. The van der Waals surface area contributed by atoms with Gasteiger partial charge in [-0.25, -0.2) is 9.48 Å². The highest BCUT2D eigenvalue weighted by atomic mass is 16.5. The van der Waals surface area contributed by atoms with E-state index in [1.807, 2.05) is 48.9 Å². The fraction of sp³-hybridized carbons (Fsp3) is 0.174. The number of hydrogen-bond donors (Lipinski definition) is 1. The molecule has 0 aliphatic rings. The number of esters is 1. The molecule has 1 N–H and O–H groups in total. The predicted molar refractivity (Wildman–Crippen MR) is 111 cm³/mol. The second-order valence-corrected chi connectivity index (χ2v) is 6.70. The highest BCUT2D eigenvalue weighted by Gasteiger charge is 2.09. The minimum Gasteiger partial charge on any atom is -0.457 e. The lowest BCUT2D eigenvalue weighted by Gasteiger charge is -2.08. The summed E-state index contributed by atoms with van der Waals surface area (Å²) in [5.41, 5.74) is 5.24. The molecular weight excluding hydrogens is 366 g/mol. The standard InChI is InChI=1S/C23H23N3O3/c1-4-22(27)24-14-18-5-9-20(10-6-18)23(28)29-15-19-7-11-21(12-8-19)26-17(3)13-16(2)25-26/h4-13H,1,14-15H2,2-3H3,(H,24,27). The zero-order valence-electron chi connectivity index (χ0n) is 16.5. The molecule has 0 aliphatic carbocycles. The van der Waals surface area contributed by atoms with Gasteiger partial charge < -0.3 is 10.1 Å². The van der Waals surface area contributed by atoms with Crippen molar-refractivity contribution in [2.75, 3.05) is 0 Å². The van der Waals surface area contributed by atoms with Gasteiger partial charge in [-0.2, -0.15) is 5.10 Å². The molecule has 3 rings (SSSR count). The quantitative estimate of drug-likeness (QED) is 0.495. The maximum Gasteiger partial charge on any atom is 0.338 e. The van der Waals surface area contributed by atoms with Crippen LogP contribution >= 0.6 is 0 Å². The predicted octanol–water partition coefficient (Wildman–Crippen LogP) is 3.65. The zero-order valence-corrected chi connectivity index (χ0v) is 16.5. The molecular formula is C23H23N3O3. The Bertz CT molecular complexity index is 1020. The van der Waals surface area contributed by atoms with Crippen LogP contribution < -0.4 is 5.32 Å². The van der Waals surface area contributed by atoms with Crippen molar-refractivity contribution in [1.29, 1.82) is 0 Å². The molecule has 148 valence electrons. The van der Waals surface area contributed by atoms with Gasteiger partial charge in [-0.05, 0) is 61.4 Å². The lowest BCUT2D eigenvalue weighted by molar-refractivity contribution is -0.116. The third-order valence-corrected chi connectivity index (χ3v) is 4.40. The summed E-state index contributed by atoms with van der Waals surface area (Å²) in [5, 5.41) is 7.15. The Morgan fingerprint density at radius 3 is 2.31 bits per heavy atom. The number of rotatable bonds is 7. The van der Waals surface area contributed by atoms with Gasteiger partial charge in [-0.3, -0.25) is 4.79 Å². The molecule has 0 radical (unpaired) electrons. The van der Waals surface area contributed by atoms with Gasteiger partial charge in [-0.15, -0.1) is 0 Å². The molecule has 2 aromatic carbocycles. The summed E-state index contributed by atoms with van der Waals surface area (Å²) in [4.78, 5) is 23.4. The van der Waals surface area contributed by atoms with Crippen molar-refractivity contribution < 1.29 is 14.3 Å². The molecule has 3 aromatic rings. The molecule has 1 heterocycles. The second-order valence-electron chi connectivity index (χ2n) is 6.70. The van der Waals surface area contributed by atoms with Crippen LogP contribution in [0.4, 0.5) is 0 Å². The third-order valence-electron chi connectivity index (χ3n) is 4.40. The normalized spacial score (nSPS) is 10.4. The maximum absolute atomic E-state index is 12.3. The average molecular weight is 389 g/mol. The summed E-state index contributed by atoms with van der Waals surface area (Å²) in [5.74, 6) is -0.633. The highest BCUT2D eigenvalue weighted by Crippen LogP contribution is 2.14. The van der Waals surface area contributed by atoms with E-state index in [9.17, 15) is 9.59 Å². The molecule has 0 saturated heterocycles. The molecule has 6 nitrogen and oxygen atoms in total. The summed E-state index contributed by atoms with van der Waals surface area (Å²) in [7, 11) is 0. The Kier molecular flexibility index (Phi) is 6.24. The average Bonchev–Trinajstić information content (AvgIpc) is 3.08. The summed E-state index contributed by atoms with van der Waals surface area (Å²) in [6.07, 6.45) is 1.22. The van der Waals surface area contributed by atoms with Crippen LogP contribution in [0.25, 0.3) is 5.69 Å². The number of aromatic nitrogens is 2. The van der Waals surface area contributed by atoms with Gasteiger partial charge in [0.2, 0.25) is 5.91 Å². The molecule has 0 aliphatic heterocycles. The van der Waals surface area contributed by atoms with Gasteiger partial charge in [0.15, 0.2) is 0 Å². The van der Waals surface area contributed by atoms with Gasteiger partial charge in [0.1, 0.15) is 6.61 Å². The molecule has 1 aromatic heterocycles. The Balaban J connectivity index is 1.55. The number of carbonyl (C=O) groups excluding carboxylic acids is 2. The Morgan fingerprint density at radius 2 is 1.72 bits per heavy atom. The van der Waals surface area contributed by atoms with E-state index in [2.05, 4.69) is 17.0 Å². The van der Waals surface area contributed by atoms with E-state index in [1.54, 1.807) is 24.3 Å². The van der Waals surface area contributed by atoms with Gasteiger partial charge in [0.25, 0.3) is 0 Å². The summed E-state index contributed by atoms with van der Waals surface area (Å²) in [6.45, 7) is 7.94. The smallest absolute Gasteiger partial charge is 0.338 e. The molecule has 0 unspecified atom stereocenters. The number of hydrogen-bond acceptors (Lipinski definition) is 4. The van der Waals surface area contributed by atoms with Gasteiger partial charge in [-0.1, -0.05) is 30.8 Å². The van der Waals surface area contributed by atoms with Crippen LogP contribution in [0.1, 0.15) is 32.9 Å². The first-order valence-corrected chi connectivity index (χ1v) is 9.25. The number of carbonyl (C=O) groups is 2. The van der Waals surface area contributed by atoms with Crippen LogP contribution in [0.15, 0.2) is 67.3 Å². The summed E-state index contributed by atoms with van der Waals surface area (Å²) < 4.78 is 7.28. The fourth-order valence-corrected chi connectivity index (χ4v) is 2.88. The SMILES string of the molecule is C=CC(=O)NCc1ccc(C(=O)OCc2ccc(-n3nc(C)cc3C)cc2)cc1. The third kappa shape index (κ3) is 5.19. The highest BCUT2D eigenvalue weighted by molar-refractivity contribution is 5.89. The van der Waals surface area contributed by atoms with Crippen LogP contribution in [-0.2, 0) is 22.7 Å². The molecule has 1 amide bonds. The monoisotopic (exact) mass is 389 g/mol. The van der Waals surface area contributed by atoms with Crippen molar-refractivity contribution in [1.82, 2.24) is 15.1 Å². The molecule has 0 atom stereocenters. The zero-order chi connectivity index (χ0) is 20.8. The largest absolute Gasteiger partial charge is 0.457 e. The van der Waals surface area contributed by atoms with Gasteiger partial charge in [0.05, 0.1) is 16.9 Å². The minimum absolute atomic E-state index is 0.188. The van der Waals surface area contributed by atoms with Crippen LogP contribution in [0.2, 0.25) is 0 Å². The lowest BCUT2D eigenvalue weighted by atomic mass is 10.1. The molecule has 0 spiro atoms. The molecule has 29 heavy (non-hydrogen) atoms. The van der Waals surface area contributed by atoms with Crippen molar-refractivity contribution in [3.8, 4) is 5.69 Å². The Morgan fingerprint density at radius 1 is 1.07 bits per heavy atom. The van der Waals surface area contributed by atoms with Crippen molar-refractivity contribution >= 4 is 11.9 Å². The van der Waals surface area contributed by atoms with Crippen molar-refractivity contribution in [2.24, 2.45) is 0 Å². The topological polar surface area (TPSA) is 73.2 Å². The Hall–Kier alpha value is -3.67. The van der Waals surface area contributed by atoms with E-state index >= 15 is 0 Å². The van der Waals surface area contributed by atoms with Gasteiger partial charge in [0, 0.05) is 12.2 Å². The van der Waals surface area contributed by atoms with Crippen LogP contribution in [0.3, 0.4) is 0 Å². The first-order valence-electron chi connectivity index (χ1n) is 9.25. The number of ether oxygens (including phenoxy) is 1. The first kappa shape index (κ1) is 20.1. The van der Waals surface area contributed by atoms with Crippen LogP contribution in [-0.4, -0.2) is 21.7 Å². The van der Waals surface area contributed by atoms with Crippen molar-refractivity contribution in [2.45, 2.75) is 27.0 Å². The lowest BCUT2D eigenvalue weighted by Crippen LogP contribution is -2.19. The number of benzene rings is 2. The van der Waals surface area contributed by atoms with E-state index in [4.69, 9.17) is 4.74 Å². The van der Waals surface area contributed by atoms with Crippen LogP contribution in [0, 0.1) is 13.8 Å². The molecule has 0 bridgehead atoms. The summed E-state index contributed by atoms with van der Waals surface area (Å²) in [6, 6.07) is 16.7. The number of nitrogens with one attached hydrogen (secondary N) is 1. The molecule has 0 saturated carbocycles. The van der Waals surface area contributed by atoms with Crippen molar-refractivity contribution in [3.05, 3.63) is 95.3 Å². The fourth-order valence-electron chi connectivity index (χ4n) is 2.88. The van der Waals surface area contributed by atoms with E-state index < -0.39 is 5.97 Å². The maximum atomic E-state index is 12.3. The first-order chi connectivity index (χ1) is 14.0. The van der Waals surface area contributed by atoms with Crippen molar-refractivity contribution in [3.63, 3.8) is 0 Å². The van der Waals surface area contributed by atoms with Gasteiger partial charge >= 0.3 is 5.97 Å². The van der Waals surface area contributed by atoms with Crippen LogP contribution in [0.5, 0.6) is 0 Å². The molecule has 0 fully saturated rings. The van der Waals surface area contributed by atoms with E-state index in [1.165, 1.54) is 6.08 Å². The van der Waals surface area contributed by atoms with E-state index in [0.717, 1.165) is 28.2 Å². The number of aryl methyl sites for hydroxylation is 2. The Labute approximate surface area is 169 Å². The second kappa shape index (κ2) is 9.01. The number of amides is 1. The van der Waals surface area contributed by atoms with E-state index in [0.29, 0.717) is 12.1 Å². The number of nitrogens with zero attached hydrogens (tertiary/aromatic N) is 2.